The van der Waals surface area contributed by atoms with Crippen LogP contribution in [0.4, 0.5) is 0 Å². The maximum absolute atomic E-state index is 5.41. The molecule has 6 heteroatoms. The number of rotatable bonds is 10. The van der Waals surface area contributed by atoms with Crippen LogP contribution < -0.4 is 20.1 Å². The molecule has 1 aliphatic heterocycles. The maximum Gasteiger partial charge on any atom is 0.231 e. The van der Waals surface area contributed by atoms with Crippen molar-refractivity contribution in [1.29, 1.82) is 0 Å². The molecule has 1 aromatic carbocycles. The lowest BCUT2D eigenvalue weighted by Gasteiger charge is -2.12. The average molecular weight is 348 g/mol. The number of unbranched alkanes of at least 4 members (excludes halogenated alkanes) is 4. The minimum Gasteiger partial charge on any atom is -0.454 e. The third kappa shape index (κ3) is 7.22. The highest BCUT2D eigenvalue weighted by Gasteiger charge is 2.13. The monoisotopic (exact) mass is 348 g/mol. The highest BCUT2D eigenvalue weighted by molar-refractivity contribution is 5.79. The second-order valence-electron chi connectivity index (χ2n) is 6.61. The molecule has 0 fully saturated rings. The first-order valence-corrected chi connectivity index (χ1v) is 9.17. The van der Waals surface area contributed by atoms with Gasteiger partial charge in [0.15, 0.2) is 17.5 Å². The van der Waals surface area contributed by atoms with E-state index in [0.29, 0.717) is 13.3 Å². The minimum absolute atomic E-state index is 0.310. The van der Waals surface area contributed by atoms with E-state index in [2.05, 4.69) is 34.6 Å². The zero-order valence-electron chi connectivity index (χ0n) is 15.8. The first-order valence-electron chi connectivity index (χ1n) is 9.17. The van der Waals surface area contributed by atoms with Crippen LogP contribution in [-0.4, -0.2) is 51.9 Å². The van der Waals surface area contributed by atoms with E-state index in [4.69, 9.17) is 9.47 Å². The molecule has 0 aromatic heterocycles. The third-order valence-corrected chi connectivity index (χ3v) is 4.20. The normalized spacial score (nSPS) is 13.4. The molecule has 1 aromatic rings. The standard InChI is InChI=1S/C19H32N4O2/c1-20-19(21-11-7-5-4-6-8-12-23(2)3)22-14-16-9-10-17-18(13-16)25-15-24-17/h9-10,13H,4-8,11-12,14-15H2,1-3H3,(H2,20,21,22). The van der Waals surface area contributed by atoms with Crippen molar-refractivity contribution in [2.75, 3.05) is 41.0 Å². The van der Waals surface area contributed by atoms with Crippen LogP contribution in [0.25, 0.3) is 0 Å². The van der Waals surface area contributed by atoms with Crippen LogP contribution in [0.15, 0.2) is 23.2 Å². The van der Waals surface area contributed by atoms with Crippen LogP contribution in [0.2, 0.25) is 0 Å². The number of aliphatic imine (C=N–C) groups is 1. The number of ether oxygens (including phenoxy) is 2. The second kappa shape index (κ2) is 10.8. The van der Waals surface area contributed by atoms with Crippen LogP contribution >= 0.6 is 0 Å². The second-order valence-corrected chi connectivity index (χ2v) is 6.61. The van der Waals surface area contributed by atoms with Crippen LogP contribution in [0.3, 0.4) is 0 Å². The van der Waals surface area contributed by atoms with Gasteiger partial charge in [0, 0.05) is 20.1 Å². The Hall–Kier alpha value is -1.95. The van der Waals surface area contributed by atoms with Gasteiger partial charge in [-0.05, 0) is 51.2 Å². The molecule has 0 amide bonds. The first-order chi connectivity index (χ1) is 12.2. The average Bonchev–Trinajstić information content (AvgIpc) is 3.07. The number of hydrogen-bond acceptors (Lipinski definition) is 4. The van der Waals surface area contributed by atoms with E-state index in [1.165, 1.54) is 38.6 Å². The number of fused-ring (bicyclic) bond motifs is 1. The number of hydrogen-bond donors (Lipinski definition) is 2. The zero-order valence-corrected chi connectivity index (χ0v) is 15.8. The third-order valence-electron chi connectivity index (χ3n) is 4.20. The predicted octanol–water partition coefficient (Wildman–Crippen LogP) is 2.59. The van der Waals surface area contributed by atoms with E-state index in [-0.39, 0.29) is 0 Å². The molecule has 0 aliphatic carbocycles. The van der Waals surface area contributed by atoms with Crippen molar-refractivity contribution < 1.29 is 9.47 Å². The van der Waals surface area contributed by atoms with Crippen LogP contribution in [0, 0.1) is 0 Å². The predicted molar refractivity (Wildman–Crippen MR) is 102 cm³/mol. The van der Waals surface area contributed by atoms with E-state index in [0.717, 1.165) is 29.6 Å². The fraction of sp³-hybridized carbons (Fsp3) is 0.632. The van der Waals surface area contributed by atoms with Gasteiger partial charge in [-0.1, -0.05) is 25.3 Å². The minimum atomic E-state index is 0.310. The molecular formula is C19H32N4O2. The van der Waals surface area contributed by atoms with E-state index in [9.17, 15) is 0 Å². The smallest absolute Gasteiger partial charge is 0.231 e. The lowest BCUT2D eigenvalue weighted by molar-refractivity contribution is 0.174. The molecule has 0 radical (unpaired) electrons. The van der Waals surface area contributed by atoms with Crippen molar-refractivity contribution in [1.82, 2.24) is 15.5 Å². The molecule has 0 atom stereocenters. The topological polar surface area (TPSA) is 58.1 Å². The fourth-order valence-corrected chi connectivity index (χ4v) is 2.75. The largest absolute Gasteiger partial charge is 0.454 e. The Morgan fingerprint density at radius 1 is 1.04 bits per heavy atom. The lowest BCUT2D eigenvalue weighted by atomic mass is 10.1. The summed E-state index contributed by atoms with van der Waals surface area (Å²) < 4.78 is 10.7. The van der Waals surface area contributed by atoms with E-state index < -0.39 is 0 Å². The number of nitrogens with one attached hydrogen (secondary N) is 2. The van der Waals surface area contributed by atoms with Crippen LogP contribution in [0.1, 0.15) is 37.7 Å². The summed E-state index contributed by atoms with van der Waals surface area (Å²) in [6.07, 6.45) is 6.35. The zero-order chi connectivity index (χ0) is 17.9. The van der Waals surface area contributed by atoms with Gasteiger partial charge in [0.1, 0.15) is 0 Å². The van der Waals surface area contributed by atoms with Gasteiger partial charge >= 0.3 is 0 Å². The van der Waals surface area contributed by atoms with Gasteiger partial charge in [0.2, 0.25) is 6.79 Å². The van der Waals surface area contributed by atoms with Crippen molar-refractivity contribution in [3.05, 3.63) is 23.8 Å². The Morgan fingerprint density at radius 2 is 1.80 bits per heavy atom. The summed E-state index contributed by atoms with van der Waals surface area (Å²) in [7, 11) is 6.06. The Bertz CT molecular complexity index is 546. The van der Waals surface area contributed by atoms with Crippen molar-refractivity contribution in [2.24, 2.45) is 4.99 Å². The molecule has 0 spiro atoms. The Labute approximate surface area is 151 Å². The van der Waals surface area contributed by atoms with Gasteiger partial charge in [0.05, 0.1) is 0 Å². The highest BCUT2D eigenvalue weighted by atomic mass is 16.7. The molecule has 0 saturated carbocycles. The molecule has 0 saturated heterocycles. The Kier molecular flexibility index (Phi) is 8.39. The SMILES string of the molecule is CN=C(NCCCCCCCN(C)C)NCc1ccc2c(c1)OCO2. The van der Waals surface area contributed by atoms with Gasteiger partial charge in [-0.25, -0.2) is 0 Å². The molecule has 140 valence electrons. The van der Waals surface area contributed by atoms with Crippen molar-refractivity contribution in [3.8, 4) is 11.5 Å². The van der Waals surface area contributed by atoms with Crippen molar-refractivity contribution in [3.63, 3.8) is 0 Å². The van der Waals surface area contributed by atoms with Gasteiger partial charge in [-0.3, -0.25) is 4.99 Å². The van der Waals surface area contributed by atoms with Crippen molar-refractivity contribution >= 4 is 5.96 Å². The molecule has 1 aliphatic rings. The van der Waals surface area contributed by atoms with Gasteiger partial charge < -0.3 is 25.0 Å². The Balaban J connectivity index is 1.56. The van der Waals surface area contributed by atoms with Gasteiger partial charge in [-0.15, -0.1) is 0 Å². The molecule has 0 bridgehead atoms. The van der Waals surface area contributed by atoms with Crippen LogP contribution in [0.5, 0.6) is 11.5 Å². The highest BCUT2D eigenvalue weighted by Crippen LogP contribution is 2.32. The molecule has 25 heavy (non-hydrogen) atoms. The summed E-state index contributed by atoms with van der Waals surface area (Å²) in [5.74, 6) is 2.47. The van der Waals surface area contributed by atoms with E-state index in [1.807, 2.05) is 18.2 Å². The van der Waals surface area contributed by atoms with Crippen molar-refractivity contribution in [2.45, 2.75) is 38.6 Å². The number of nitrogens with zero attached hydrogens (tertiary/aromatic N) is 2. The summed E-state index contributed by atoms with van der Waals surface area (Å²) >= 11 is 0. The fourth-order valence-electron chi connectivity index (χ4n) is 2.75. The van der Waals surface area contributed by atoms with Gasteiger partial charge in [-0.2, -0.15) is 0 Å². The molecule has 2 N–H and O–H groups in total. The lowest BCUT2D eigenvalue weighted by Crippen LogP contribution is -2.37. The maximum atomic E-state index is 5.41. The van der Waals surface area contributed by atoms with Gasteiger partial charge in [0.25, 0.3) is 0 Å². The number of benzene rings is 1. The van der Waals surface area contributed by atoms with E-state index >= 15 is 0 Å². The summed E-state index contributed by atoms with van der Waals surface area (Å²) in [5.41, 5.74) is 1.15. The molecule has 6 nitrogen and oxygen atoms in total. The number of guanidine groups is 1. The molecule has 1 heterocycles. The van der Waals surface area contributed by atoms with E-state index in [1.54, 1.807) is 7.05 Å². The summed E-state index contributed by atoms with van der Waals surface area (Å²) in [5, 5.41) is 6.71. The molecule has 2 rings (SSSR count). The molecule has 0 unspecified atom stereocenters. The summed E-state index contributed by atoms with van der Waals surface area (Å²) in [6.45, 7) is 3.16. The summed E-state index contributed by atoms with van der Waals surface area (Å²) in [6, 6.07) is 6.00. The quantitative estimate of drug-likeness (QED) is 0.387. The first kappa shape index (κ1) is 19.4. The molecular weight excluding hydrogens is 316 g/mol. The summed E-state index contributed by atoms with van der Waals surface area (Å²) in [4.78, 5) is 6.52. The van der Waals surface area contributed by atoms with Crippen LogP contribution in [-0.2, 0) is 6.54 Å². The Morgan fingerprint density at radius 3 is 2.60 bits per heavy atom.